The van der Waals surface area contributed by atoms with Gasteiger partial charge in [0, 0.05) is 30.1 Å². The summed E-state index contributed by atoms with van der Waals surface area (Å²) in [4.78, 5) is 19.8. The largest absolute Gasteiger partial charge is 0.340 e. The van der Waals surface area contributed by atoms with E-state index in [0.29, 0.717) is 12.5 Å². The number of amides is 1. The molecule has 0 saturated carbocycles. The molecular formula is C16H22N4OS. The van der Waals surface area contributed by atoms with Crippen molar-refractivity contribution in [3.8, 4) is 0 Å². The third-order valence-electron chi connectivity index (χ3n) is 4.32. The summed E-state index contributed by atoms with van der Waals surface area (Å²) >= 11 is 1.64. The Balaban J connectivity index is 1.57. The first kappa shape index (κ1) is 15.2. The molecule has 2 aromatic heterocycles. The summed E-state index contributed by atoms with van der Waals surface area (Å²) in [5, 5.41) is 4.56. The Morgan fingerprint density at radius 3 is 2.86 bits per heavy atom. The number of carbonyl (C=O) groups is 1. The van der Waals surface area contributed by atoms with Crippen molar-refractivity contribution in [2.75, 3.05) is 13.1 Å². The van der Waals surface area contributed by atoms with Crippen LogP contribution in [0.5, 0.6) is 0 Å². The van der Waals surface area contributed by atoms with E-state index in [4.69, 9.17) is 0 Å². The highest BCUT2D eigenvalue weighted by atomic mass is 32.1. The zero-order valence-corrected chi connectivity index (χ0v) is 14.2. The van der Waals surface area contributed by atoms with Crippen LogP contribution < -0.4 is 0 Å². The molecule has 0 unspecified atom stereocenters. The summed E-state index contributed by atoms with van der Waals surface area (Å²) in [6.07, 6.45) is 2.37. The van der Waals surface area contributed by atoms with E-state index < -0.39 is 0 Å². The molecule has 6 heteroatoms. The third kappa shape index (κ3) is 3.06. The van der Waals surface area contributed by atoms with Crippen LogP contribution in [0.4, 0.5) is 0 Å². The molecule has 5 nitrogen and oxygen atoms in total. The van der Waals surface area contributed by atoms with E-state index in [2.05, 4.69) is 27.8 Å². The molecule has 1 aliphatic heterocycles. The van der Waals surface area contributed by atoms with Gasteiger partial charge in [0.05, 0.1) is 22.9 Å². The molecule has 2 aromatic rings. The molecule has 0 aromatic carbocycles. The van der Waals surface area contributed by atoms with Crippen molar-refractivity contribution >= 4 is 17.2 Å². The lowest BCUT2D eigenvalue weighted by atomic mass is 10.2. The standard InChI is InChI=1S/C16H22N4OS/c1-11-8-12(2)20(18-11)14-6-7-19(9-14)16(21)5-4-15-13(3)17-10-22-15/h8,10,14H,4-7,9H2,1-3H3/t14-/m1/s1. The van der Waals surface area contributed by atoms with Crippen LogP contribution in [0.2, 0.25) is 0 Å². The third-order valence-corrected chi connectivity index (χ3v) is 5.31. The van der Waals surface area contributed by atoms with E-state index >= 15 is 0 Å². The van der Waals surface area contributed by atoms with Crippen LogP contribution in [0.15, 0.2) is 11.6 Å². The van der Waals surface area contributed by atoms with Crippen LogP contribution in [-0.4, -0.2) is 38.7 Å². The first-order valence-corrected chi connectivity index (χ1v) is 8.62. The van der Waals surface area contributed by atoms with Gasteiger partial charge in [0.25, 0.3) is 0 Å². The second kappa shape index (κ2) is 6.20. The Morgan fingerprint density at radius 2 is 2.23 bits per heavy atom. The topological polar surface area (TPSA) is 51.0 Å². The summed E-state index contributed by atoms with van der Waals surface area (Å²) in [6, 6.07) is 2.42. The fraction of sp³-hybridized carbons (Fsp3) is 0.562. The quantitative estimate of drug-likeness (QED) is 0.871. The minimum absolute atomic E-state index is 0.247. The number of hydrogen-bond acceptors (Lipinski definition) is 4. The Bertz CT molecular complexity index is 675. The fourth-order valence-corrected chi connectivity index (χ4v) is 3.91. The van der Waals surface area contributed by atoms with Crippen LogP contribution in [0.3, 0.4) is 0 Å². The van der Waals surface area contributed by atoms with Gasteiger partial charge in [0.2, 0.25) is 5.91 Å². The molecule has 1 fully saturated rings. The first-order valence-electron chi connectivity index (χ1n) is 7.74. The van der Waals surface area contributed by atoms with Crippen molar-refractivity contribution in [1.82, 2.24) is 19.7 Å². The van der Waals surface area contributed by atoms with Crippen molar-refractivity contribution in [2.45, 2.75) is 46.1 Å². The molecule has 3 rings (SSSR count). The predicted molar refractivity (Wildman–Crippen MR) is 87.1 cm³/mol. The predicted octanol–water partition coefficient (Wildman–Crippen LogP) is 2.67. The Hall–Kier alpha value is -1.69. The molecule has 0 bridgehead atoms. The van der Waals surface area contributed by atoms with Crippen LogP contribution in [0.25, 0.3) is 0 Å². The number of rotatable bonds is 4. The molecule has 3 heterocycles. The first-order chi connectivity index (χ1) is 10.5. The van der Waals surface area contributed by atoms with Gasteiger partial charge in [-0.05, 0) is 39.7 Å². The van der Waals surface area contributed by atoms with Gasteiger partial charge in [-0.3, -0.25) is 9.48 Å². The number of hydrogen-bond donors (Lipinski definition) is 0. The second-order valence-corrected chi connectivity index (χ2v) is 6.95. The number of aromatic nitrogens is 3. The van der Waals surface area contributed by atoms with Crippen molar-refractivity contribution in [3.63, 3.8) is 0 Å². The summed E-state index contributed by atoms with van der Waals surface area (Å²) in [5.74, 6) is 0.247. The van der Waals surface area contributed by atoms with E-state index in [1.54, 1.807) is 11.3 Å². The van der Waals surface area contributed by atoms with Gasteiger partial charge in [-0.15, -0.1) is 11.3 Å². The average molecular weight is 318 g/mol. The van der Waals surface area contributed by atoms with E-state index in [9.17, 15) is 4.79 Å². The number of aryl methyl sites for hydroxylation is 4. The van der Waals surface area contributed by atoms with E-state index in [1.165, 1.54) is 10.6 Å². The highest BCUT2D eigenvalue weighted by Gasteiger charge is 2.28. The number of carbonyl (C=O) groups excluding carboxylic acids is 1. The maximum Gasteiger partial charge on any atom is 0.223 e. The van der Waals surface area contributed by atoms with Gasteiger partial charge >= 0.3 is 0 Å². The highest BCUT2D eigenvalue weighted by molar-refractivity contribution is 7.09. The van der Waals surface area contributed by atoms with Crippen molar-refractivity contribution in [2.24, 2.45) is 0 Å². The summed E-state index contributed by atoms with van der Waals surface area (Å²) in [7, 11) is 0. The maximum atomic E-state index is 12.4. The summed E-state index contributed by atoms with van der Waals surface area (Å²) in [6.45, 7) is 7.72. The van der Waals surface area contributed by atoms with Gasteiger partial charge in [-0.25, -0.2) is 4.98 Å². The monoisotopic (exact) mass is 318 g/mol. The molecule has 1 amide bonds. The van der Waals surface area contributed by atoms with Crippen molar-refractivity contribution in [3.05, 3.63) is 33.5 Å². The number of thiazole rings is 1. The molecule has 0 N–H and O–H groups in total. The zero-order valence-electron chi connectivity index (χ0n) is 13.4. The van der Waals surface area contributed by atoms with Crippen LogP contribution in [-0.2, 0) is 11.2 Å². The highest BCUT2D eigenvalue weighted by Crippen LogP contribution is 2.24. The molecular weight excluding hydrogens is 296 g/mol. The van der Waals surface area contributed by atoms with Crippen LogP contribution in [0, 0.1) is 20.8 Å². The molecule has 1 aliphatic rings. The van der Waals surface area contributed by atoms with Crippen LogP contribution >= 0.6 is 11.3 Å². The average Bonchev–Trinajstić information content (AvgIpc) is 3.17. The lowest BCUT2D eigenvalue weighted by Gasteiger charge is -2.17. The van der Waals surface area contributed by atoms with Gasteiger partial charge in [0.1, 0.15) is 0 Å². The number of nitrogens with zero attached hydrogens (tertiary/aromatic N) is 4. The van der Waals surface area contributed by atoms with Gasteiger partial charge in [0.15, 0.2) is 0 Å². The Labute approximate surface area is 135 Å². The lowest BCUT2D eigenvalue weighted by molar-refractivity contribution is -0.130. The fourth-order valence-electron chi connectivity index (χ4n) is 3.13. The van der Waals surface area contributed by atoms with E-state index in [0.717, 1.165) is 37.3 Å². The second-order valence-electron chi connectivity index (χ2n) is 6.01. The molecule has 22 heavy (non-hydrogen) atoms. The van der Waals surface area contributed by atoms with E-state index in [-0.39, 0.29) is 5.91 Å². The minimum Gasteiger partial charge on any atom is -0.340 e. The molecule has 0 spiro atoms. The zero-order chi connectivity index (χ0) is 15.7. The maximum absolute atomic E-state index is 12.4. The normalized spacial score (nSPS) is 18.1. The Kier molecular flexibility index (Phi) is 4.29. The Morgan fingerprint density at radius 1 is 1.41 bits per heavy atom. The van der Waals surface area contributed by atoms with Gasteiger partial charge in [-0.1, -0.05) is 0 Å². The summed E-state index contributed by atoms with van der Waals surface area (Å²) < 4.78 is 2.08. The number of likely N-dealkylation sites (tertiary alicyclic amines) is 1. The van der Waals surface area contributed by atoms with Gasteiger partial charge < -0.3 is 4.90 Å². The molecule has 1 saturated heterocycles. The van der Waals surface area contributed by atoms with E-state index in [1.807, 2.05) is 24.3 Å². The van der Waals surface area contributed by atoms with Gasteiger partial charge in [-0.2, -0.15) is 5.10 Å². The SMILES string of the molecule is Cc1cc(C)n([C@@H]2CCN(C(=O)CCc3scnc3C)C2)n1. The smallest absolute Gasteiger partial charge is 0.223 e. The van der Waals surface area contributed by atoms with Crippen molar-refractivity contribution in [1.29, 1.82) is 0 Å². The molecule has 0 aliphatic carbocycles. The van der Waals surface area contributed by atoms with Crippen LogP contribution in [0.1, 0.15) is 40.8 Å². The molecule has 0 radical (unpaired) electrons. The molecule has 118 valence electrons. The minimum atomic E-state index is 0.247. The van der Waals surface area contributed by atoms with Crippen molar-refractivity contribution < 1.29 is 4.79 Å². The summed E-state index contributed by atoms with van der Waals surface area (Å²) in [5.41, 5.74) is 5.13. The molecule has 1 atom stereocenters. The lowest BCUT2D eigenvalue weighted by Crippen LogP contribution is -2.29.